The van der Waals surface area contributed by atoms with Crippen LogP contribution in [0.25, 0.3) is 0 Å². The first-order chi connectivity index (χ1) is 14.4. The summed E-state index contributed by atoms with van der Waals surface area (Å²) in [4.78, 5) is 33.9. The van der Waals surface area contributed by atoms with Crippen molar-refractivity contribution >= 4 is 39.8 Å². The lowest BCUT2D eigenvalue weighted by atomic mass is 9.87. The zero-order valence-corrected chi connectivity index (χ0v) is 21.6. The van der Waals surface area contributed by atoms with E-state index >= 15 is 0 Å². The minimum atomic E-state index is -0.530. The molecule has 1 aromatic heterocycles. The van der Waals surface area contributed by atoms with Crippen LogP contribution in [0, 0.1) is 5.41 Å². The second-order valence-electron chi connectivity index (χ2n) is 9.93. The third kappa shape index (κ3) is 6.94. The maximum absolute atomic E-state index is 12.5. The molecule has 0 aromatic carbocycles. The number of anilines is 1. The summed E-state index contributed by atoms with van der Waals surface area (Å²) in [6.07, 6.45) is 1.70. The molecule has 0 bridgehead atoms. The quantitative estimate of drug-likeness (QED) is 0.253. The molecule has 2 atom stereocenters. The second-order valence-corrected chi connectivity index (χ2v) is 11.7. The predicted octanol–water partition coefficient (Wildman–Crippen LogP) is 4.15. The van der Waals surface area contributed by atoms with Crippen molar-refractivity contribution in [2.75, 3.05) is 37.7 Å². The Morgan fingerprint density at radius 2 is 1.77 bits per heavy atom. The molecule has 0 spiro atoms. The standard InChI is InChI=1S/C23H37N3O3S2/c1-16-13-25(10-11-29-15-19(27)23(6,7)31-30)14-17(2)26(16)20-9-8-18(12-24-20)21(28)22(3,4)5/h8-9,12,16-17,30H,10-11,13-15H2,1-7H3/t16-,17+. The Morgan fingerprint density at radius 3 is 2.26 bits per heavy atom. The first-order valence-electron chi connectivity index (χ1n) is 10.8. The number of hydrogen-bond donors (Lipinski definition) is 1. The zero-order chi connectivity index (χ0) is 23.4. The fourth-order valence-electron chi connectivity index (χ4n) is 3.76. The van der Waals surface area contributed by atoms with E-state index in [9.17, 15) is 9.59 Å². The van der Waals surface area contributed by atoms with E-state index in [4.69, 9.17) is 4.74 Å². The average molecular weight is 468 g/mol. The van der Waals surface area contributed by atoms with Crippen molar-refractivity contribution in [2.24, 2.45) is 5.41 Å². The molecule has 8 heteroatoms. The van der Waals surface area contributed by atoms with Gasteiger partial charge in [-0.05, 0) is 39.8 Å². The number of thiol groups is 1. The minimum absolute atomic E-state index is 0.0542. The van der Waals surface area contributed by atoms with Crippen LogP contribution in [0.15, 0.2) is 18.3 Å². The van der Waals surface area contributed by atoms with Crippen LogP contribution in [0.2, 0.25) is 0 Å². The number of ether oxygens (including phenoxy) is 1. The highest BCUT2D eigenvalue weighted by Gasteiger charge is 2.31. The highest BCUT2D eigenvalue weighted by atomic mass is 33.1. The summed E-state index contributed by atoms with van der Waals surface area (Å²) < 4.78 is 5.10. The fourth-order valence-corrected chi connectivity index (χ4v) is 4.22. The van der Waals surface area contributed by atoms with E-state index < -0.39 is 10.2 Å². The van der Waals surface area contributed by atoms with Crippen molar-refractivity contribution in [3.8, 4) is 0 Å². The van der Waals surface area contributed by atoms with Crippen LogP contribution in [-0.4, -0.2) is 71.1 Å². The molecule has 1 saturated heterocycles. The number of nitrogens with zero attached hydrogens (tertiary/aromatic N) is 3. The first kappa shape index (κ1) is 26.2. The van der Waals surface area contributed by atoms with Gasteiger partial charge in [-0.3, -0.25) is 14.5 Å². The smallest absolute Gasteiger partial charge is 0.174 e. The van der Waals surface area contributed by atoms with E-state index in [-0.39, 0.29) is 30.3 Å². The van der Waals surface area contributed by atoms with E-state index in [1.165, 1.54) is 10.8 Å². The summed E-state index contributed by atoms with van der Waals surface area (Å²) in [6.45, 7) is 17.1. The van der Waals surface area contributed by atoms with E-state index in [1.807, 2.05) is 46.8 Å². The topological polar surface area (TPSA) is 62.7 Å². The molecule has 0 unspecified atom stereocenters. The van der Waals surface area contributed by atoms with Gasteiger partial charge in [-0.2, -0.15) is 0 Å². The number of ketones is 2. The Hall–Kier alpha value is -1.09. The number of pyridine rings is 1. The van der Waals surface area contributed by atoms with Gasteiger partial charge in [0.05, 0.1) is 11.4 Å². The fraction of sp³-hybridized carbons (Fsp3) is 0.696. The van der Waals surface area contributed by atoms with Gasteiger partial charge in [0.1, 0.15) is 12.4 Å². The largest absolute Gasteiger partial charge is 0.372 e. The van der Waals surface area contributed by atoms with Gasteiger partial charge in [0.15, 0.2) is 11.6 Å². The molecule has 1 fully saturated rings. The van der Waals surface area contributed by atoms with E-state index in [0.717, 1.165) is 25.5 Å². The SMILES string of the molecule is C[C@@H]1CN(CCOCC(=O)C(C)(C)SS)C[C@H](C)N1c1ccc(C(=O)C(C)(C)C)cn1. The van der Waals surface area contributed by atoms with Crippen LogP contribution < -0.4 is 4.90 Å². The number of carbonyl (C=O) groups excluding carboxylic acids is 2. The third-order valence-corrected chi connectivity index (χ3v) is 7.69. The van der Waals surface area contributed by atoms with Gasteiger partial charge in [0, 0.05) is 48.9 Å². The highest BCUT2D eigenvalue weighted by molar-refractivity contribution is 8.69. The van der Waals surface area contributed by atoms with Gasteiger partial charge in [0.2, 0.25) is 0 Å². The molecule has 0 saturated carbocycles. The molecule has 174 valence electrons. The van der Waals surface area contributed by atoms with Crippen molar-refractivity contribution in [3.05, 3.63) is 23.9 Å². The van der Waals surface area contributed by atoms with Gasteiger partial charge in [-0.25, -0.2) is 4.98 Å². The summed E-state index contributed by atoms with van der Waals surface area (Å²) in [5, 5.41) is 0. The van der Waals surface area contributed by atoms with Gasteiger partial charge in [-0.15, -0.1) is 11.7 Å². The highest BCUT2D eigenvalue weighted by Crippen LogP contribution is 2.28. The lowest BCUT2D eigenvalue weighted by Crippen LogP contribution is -2.57. The van der Waals surface area contributed by atoms with Crippen molar-refractivity contribution in [1.82, 2.24) is 9.88 Å². The minimum Gasteiger partial charge on any atom is -0.372 e. The number of aromatic nitrogens is 1. The number of piperazine rings is 1. The third-order valence-electron chi connectivity index (χ3n) is 5.64. The molecule has 0 aliphatic carbocycles. The van der Waals surface area contributed by atoms with Crippen LogP contribution >= 0.6 is 22.5 Å². The maximum Gasteiger partial charge on any atom is 0.174 e. The Kier molecular flexibility index (Phi) is 9.02. The normalized spacial score (nSPS) is 20.7. The average Bonchev–Trinajstić information content (AvgIpc) is 2.69. The summed E-state index contributed by atoms with van der Waals surface area (Å²) in [6, 6.07) is 4.40. The summed E-state index contributed by atoms with van der Waals surface area (Å²) in [5.74, 6) is 1.06. The Labute approximate surface area is 196 Å². The van der Waals surface area contributed by atoms with Crippen molar-refractivity contribution < 1.29 is 14.3 Å². The van der Waals surface area contributed by atoms with Crippen molar-refractivity contribution in [2.45, 2.75) is 65.3 Å². The first-order valence-corrected chi connectivity index (χ1v) is 12.7. The van der Waals surface area contributed by atoms with E-state index in [2.05, 4.69) is 40.3 Å². The van der Waals surface area contributed by atoms with Crippen LogP contribution in [-0.2, 0) is 9.53 Å². The second kappa shape index (κ2) is 10.7. The van der Waals surface area contributed by atoms with Crippen LogP contribution in [0.1, 0.15) is 58.8 Å². The number of carbonyl (C=O) groups is 2. The van der Waals surface area contributed by atoms with Crippen LogP contribution in [0.3, 0.4) is 0 Å². The monoisotopic (exact) mass is 467 g/mol. The van der Waals surface area contributed by atoms with E-state index in [0.29, 0.717) is 12.2 Å². The number of rotatable bonds is 9. The Bertz CT molecular complexity index is 750. The molecule has 1 aliphatic rings. The Balaban J connectivity index is 1.89. The van der Waals surface area contributed by atoms with Gasteiger partial charge in [-0.1, -0.05) is 31.6 Å². The molecule has 1 aliphatic heterocycles. The summed E-state index contributed by atoms with van der Waals surface area (Å²) in [7, 11) is 1.25. The summed E-state index contributed by atoms with van der Waals surface area (Å²) >= 11 is 4.16. The van der Waals surface area contributed by atoms with Crippen molar-refractivity contribution in [3.63, 3.8) is 0 Å². The van der Waals surface area contributed by atoms with E-state index in [1.54, 1.807) is 6.20 Å². The molecule has 0 radical (unpaired) electrons. The number of hydrogen-bond acceptors (Lipinski definition) is 8. The maximum atomic E-state index is 12.5. The van der Waals surface area contributed by atoms with Gasteiger partial charge < -0.3 is 9.64 Å². The molecule has 31 heavy (non-hydrogen) atoms. The molecule has 0 N–H and O–H groups in total. The molecule has 6 nitrogen and oxygen atoms in total. The number of Topliss-reactive ketones (excluding diaryl/α,β-unsaturated/α-hetero) is 2. The molecule has 1 aromatic rings. The summed E-state index contributed by atoms with van der Waals surface area (Å²) in [5.41, 5.74) is 0.241. The van der Waals surface area contributed by atoms with Crippen LogP contribution in [0.4, 0.5) is 5.82 Å². The molecular formula is C23H37N3O3S2. The lowest BCUT2D eigenvalue weighted by Gasteiger charge is -2.45. The van der Waals surface area contributed by atoms with Crippen LogP contribution in [0.5, 0.6) is 0 Å². The molecule has 2 rings (SSSR count). The Morgan fingerprint density at radius 1 is 1.16 bits per heavy atom. The zero-order valence-electron chi connectivity index (χ0n) is 19.8. The van der Waals surface area contributed by atoms with Gasteiger partial charge in [0.25, 0.3) is 0 Å². The van der Waals surface area contributed by atoms with Gasteiger partial charge >= 0.3 is 0 Å². The molecular weight excluding hydrogens is 430 g/mol. The molecule has 2 heterocycles. The molecule has 0 amide bonds. The lowest BCUT2D eigenvalue weighted by molar-refractivity contribution is -0.125. The van der Waals surface area contributed by atoms with Crippen molar-refractivity contribution in [1.29, 1.82) is 0 Å². The predicted molar refractivity (Wildman–Crippen MR) is 132 cm³/mol.